The molecule has 0 saturated carbocycles. The zero-order chi connectivity index (χ0) is 14.8. The molecule has 21 heavy (non-hydrogen) atoms. The molecule has 2 fully saturated rings. The number of halogens is 1. The highest BCUT2D eigenvalue weighted by Gasteiger charge is 2.38. The molecule has 2 aliphatic heterocycles. The quantitative estimate of drug-likeness (QED) is 0.868. The fraction of sp³-hybridized carbons (Fsp3) is 0.562. The van der Waals surface area contributed by atoms with E-state index in [-0.39, 0.29) is 11.7 Å². The average molecular weight is 308 g/mol. The number of fused-ring (bicyclic) bond motifs is 2. The van der Waals surface area contributed by atoms with Gasteiger partial charge in [-0.2, -0.15) is 0 Å². The summed E-state index contributed by atoms with van der Waals surface area (Å²) in [4.78, 5) is 15.4. The lowest BCUT2D eigenvalue weighted by Gasteiger charge is -2.36. The van der Waals surface area contributed by atoms with Crippen LogP contribution in [-0.2, 0) is 4.79 Å². The first-order valence-electron chi connectivity index (χ1n) is 7.51. The van der Waals surface area contributed by atoms with Crippen LogP contribution < -0.4 is 5.32 Å². The zero-order valence-electron chi connectivity index (χ0n) is 12.2. The third kappa shape index (κ3) is 3.58. The van der Waals surface area contributed by atoms with Gasteiger partial charge in [-0.1, -0.05) is 0 Å². The van der Waals surface area contributed by atoms with Gasteiger partial charge in [0.2, 0.25) is 5.91 Å². The summed E-state index contributed by atoms with van der Waals surface area (Å²) in [6, 6.07) is 7.87. The van der Waals surface area contributed by atoms with Crippen molar-refractivity contribution < 1.29 is 9.18 Å². The van der Waals surface area contributed by atoms with E-state index in [0.29, 0.717) is 23.9 Å². The van der Waals surface area contributed by atoms with Crippen LogP contribution in [0.3, 0.4) is 0 Å². The summed E-state index contributed by atoms with van der Waals surface area (Å²) in [6.07, 6.45) is 4.66. The molecule has 3 atom stereocenters. The Kier molecular flexibility index (Phi) is 4.50. The molecule has 1 N–H and O–H groups in total. The summed E-state index contributed by atoms with van der Waals surface area (Å²) < 4.78 is 12.8. The van der Waals surface area contributed by atoms with Gasteiger partial charge in [0.05, 0.1) is 5.75 Å². The van der Waals surface area contributed by atoms with Crippen molar-refractivity contribution in [3.8, 4) is 0 Å². The number of piperidine rings is 1. The first-order chi connectivity index (χ1) is 10.1. The van der Waals surface area contributed by atoms with E-state index in [9.17, 15) is 9.18 Å². The molecule has 2 heterocycles. The summed E-state index contributed by atoms with van der Waals surface area (Å²) in [5.74, 6) is 0.233. The summed E-state index contributed by atoms with van der Waals surface area (Å²) in [7, 11) is 2.20. The van der Waals surface area contributed by atoms with E-state index in [1.807, 2.05) is 0 Å². The molecule has 1 unspecified atom stereocenters. The molecule has 114 valence electrons. The molecule has 3 rings (SSSR count). The second-order valence-electron chi connectivity index (χ2n) is 6.03. The molecule has 1 aromatic rings. The number of nitrogens with zero attached hydrogens (tertiary/aromatic N) is 1. The van der Waals surface area contributed by atoms with E-state index in [4.69, 9.17) is 0 Å². The van der Waals surface area contributed by atoms with Gasteiger partial charge in [-0.3, -0.25) is 4.79 Å². The van der Waals surface area contributed by atoms with E-state index in [1.54, 1.807) is 12.1 Å². The number of nitrogens with one attached hydrogen (secondary N) is 1. The smallest absolute Gasteiger partial charge is 0.230 e. The van der Waals surface area contributed by atoms with Crippen molar-refractivity contribution in [2.45, 2.75) is 48.7 Å². The molecular weight excluding hydrogens is 287 g/mol. The van der Waals surface area contributed by atoms with Gasteiger partial charge in [0, 0.05) is 23.0 Å². The lowest BCUT2D eigenvalue weighted by molar-refractivity contribution is -0.119. The average Bonchev–Trinajstić information content (AvgIpc) is 2.69. The predicted octanol–water partition coefficient (Wildman–Crippen LogP) is 2.66. The number of rotatable bonds is 4. The number of carbonyl (C=O) groups excluding carboxylic acids is 1. The van der Waals surface area contributed by atoms with Crippen LogP contribution in [0.2, 0.25) is 0 Å². The van der Waals surface area contributed by atoms with Crippen molar-refractivity contribution in [2.24, 2.45) is 0 Å². The predicted molar refractivity (Wildman–Crippen MR) is 82.9 cm³/mol. The Labute approximate surface area is 129 Å². The SMILES string of the molecule is CN1[C@@H]2CC[C@H]1CC(NC(=O)CSc1ccc(F)cc1)C2. The Bertz CT molecular complexity index is 494. The molecule has 0 spiro atoms. The van der Waals surface area contributed by atoms with Crippen molar-refractivity contribution >= 4 is 17.7 Å². The van der Waals surface area contributed by atoms with Crippen LogP contribution in [0, 0.1) is 5.82 Å². The van der Waals surface area contributed by atoms with E-state index in [2.05, 4.69) is 17.3 Å². The number of benzene rings is 1. The third-order valence-electron chi connectivity index (χ3n) is 4.65. The molecule has 2 bridgehead atoms. The Morgan fingerprint density at radius 2 is 1.90 bits per heavy atom. The van der Waals surface area contributed by atoms with Crippen molar-refractivity contribution in [2.75, 3.05) is 12.8 Å². The number of hydrogen-bond acceptors (Lipinski definition) is 3. The van der Waals surface area contributed by atoms with Gasteiger partial charge in [0.25, 0.3) is 0 Å². The maximum Gasteiger partial charge on any atom is 0.230 e. The number of amides is 1. The van der Waals surface area contributed by atoms with Gasteiger partial charge in [0.1, 0.15) is 5.82 Å². The Morgan fingerprint density at radius 3 is 2.52 bits per heavy atom. The molecular formula is C16H21FN2OS. The van der Waals surface area contributed by atoms with Crippen molar-refractivity contribution in [1.29, 1.82) is 0 Å². The fourth-order valence-corrected chi connectivity index (χ4v) is 4.19. The van der Waals surface area contributed by atoms with Crippen molar-refractivity contribution in [3.63, 3.8) is 0 Å². The van der Waals surface area contributed by atoms with Gasteiger partial charge in [-0.25, -0.2) is 4.39 Å². The minimum Gasteiger partial charge on any atom is -0.353 e. The minimum absolute atomic E-state index is 0.0817. The first kappa shape index (κ1) is 14.9. The van der Waals surface area contributed by atoms with Gasteiger partial charge >= 0.3 is 0 Å². The summed E-state index contributed by atoms with van der Waals surface area (Å²) in [5.41, 5.74) is 0. The molecule has 2 aliphatic rings. The molecule has 1 amide bonds. The second kappa shape index (κ2) is 6.36. The normalized spacial score (nSPS) is 28.6. The molecule has 1 aromatic carbocycles. The largest absolute Gasteiger partial charge is 0.353 e. The standard InChI is InChI=1S/C16H21FN2OS/c1-19-13-4-5-14(19)9-12(8-13)18-16(20)10-21-15-6-2-11(17)3-7-15/h2-3,6-7,12-14H,4-5,8-10H2,1H3,(H,18,20)/t12?,13-,14+. The lowest BCUT2D eigenvalue weighted by atomic mass is 9.98. The third-order valence-corrected chi connectivity index (χ3v) is 5.66. The Morgan fingerprint density at radius 1 is 1.29 bits per heavy atom. The van der Waals surface area contributed by atoms with Crippen LogP contribution in [0.5, 0.6) is 0 Å². The lowest BCUT2D eigenvalue weighted by Crippen LogP contribution is -2.49. The highest BCUT2D eigenvalue weighted by molar-refractivity contribution is 8.00. The fourth-order valence-electron chi connectivity index (χ4n) is 3.48. The van der Waals surface area contributed by atoms with Crippen molar-refractivity contribution in [3.05, 3.63) is 30.1 Å². The summed E-state index contributed by atoms with van der Waals surface area (Å²) >= 11 is 1.45. The maximum atomic E-state index is 12.8. The summed E-state index contributed by atoms with van der Waals surface area (Å²) in [6.45, 7) is 0. The first-order valence-corrected chi connectivity index (χ1v) is 8.50. The highest BCUT2D eigenvalue weighted by atomic mass is 32.2. The molecule has 0 radical (unpaired) electrons. The van der Waals surface area contributed by atoms with Crippen LogP contribution in [0.15, 0.2) is 29.2 Å². The summed E-state index contributed by atoms with van der Waals surface area (Å²) in [5, 5.41) is 3.16. The van der Waals surface area contributed by atoms with Crippen LogP contribution >= 0.6 is 11.8 Å². The van der Waals surface area contributed by atoms with Crippen LogP contribution in [0.1, 0.15) is 25.7 Å². The number of thioether (sulfide) groups is 1. The Hall–Kier alpha value is -1.07. The number of carbonyl (C=O) groups is 1. The monoisotopic (exact) mass is 308 g/mol. The molecule has 2 saturated heterocycles. The minimum atomic E-state index is -0.245. The van der Waals surface area contributed by atoms with E-state index >= 15 is 0 Å². The Balaban J connectivity index is 1.45. The molecule has 5 heteroatoms. The van der Waals surface area contributed by atoms with Gasteiger partial charge in [0.15, 0.2) is 0 Å². The van der Waals surface area contributed by atoms with E-state index in [1.165, 1.54) is 36.7 Å². The molecule has 0 aromatic heterocycles. The maximum absolute atomic E-state index is 12.8. The second-order valence-corrected chi connectivity index (χ2v) is 7.08. The number of hydrogen-bond donors (Lipinski definition) is 1. The van der Waals surface area contributed by atoms with Crippen LogP contribution in [0.25, 0.3) is 0 Å². The highest BCUT2D eigenvalue weighted by Crippen LogP contribution is 2.34. The van der Waals surface area contributed by atoms with E-state index in [0.717, 1.165) is 17.7 Å². The van der Waals surface area contributed by atoms with Gasteiger partial charge < -0.3 is 10.2 Å². The molecule has 3 nitrogen and oxygen atoms in total. The van der Waals surface area contributed by atoms with Crippen LogP contribution in [0.4, 0.5) is 4.39 Å². The topological polar surface area (TPSA) is 32.3 Å². The van der Waals surface area contributed by atoms with Crippen LogP contribution in [-0.4, -0.2) is 41.7 Å². The van der Waals surface area contributed by atoms with Crippen molar-refractivity contribution in [1.82, 2.24) is 10.2 Å². The van der Waals surface area contributed by atoms with Gasteiger partial charge in [-0.05, 0) is 57.0 Å². The zero-order valence-corrected chi connectivity index (χ0v) is 13.0. The molecule has 0 aliphatic carbocycles. The van der Waals surface area contributed by atoms with Gasteiger partial charge in [-0.15, -0.1) is 11.8 Å². The van der Waals surface area contributed by atoms with E-state index < -0.39 is 0 Å².